The Morgan fingerprint density at radius 3 is 2.96 bits per heavy atom. The van der Waals surface area contributed by atoms with Crippen LogP contribution in [0.2, 0.25) is 5.02 Å². The highest BCUT2D eigenvalue weighted by Gasteiger charge is 2.15. The number of ether oxygens (including phenoxy) is 1. The molecule has 7 nitrogen and oxygen atoms in total. The average Bonchev–Trinajstić information content (AvgIpc) is 2.88. The molecule has 2 aromatic heterocycles. The van der Waals surface area contributed by atoms with E-state index in [1.807, 2.05) is 0 Å². The van der Waals surface area contributed by atoms with Crippen LogP contribution in [0.25, 0.3) is 4.96 Å². The van der Waals surface area contributed by atoms with Crippen molar-refractivity contribution in [2.24, 2.45) is 0 Å². The van der Waals surface area contributed by atoms with E-state index in [0.717, 1.165) is 15.9 Å². The molecule has 0 aliphatic carbocycles. The van der Waals surface area contributed by atoms with Crippen molar-refractivity contribution in [1.29, 1.82) is 0 Å². The smallest absolute Gasteiger partial charge is 0.342 e. The van der Waals surface area contributed by atoms with Crippen LogP contribution in [0.1, 0.15) is 21.1 Å². The fourth-order valence-corrected chi connectivity index (χ4v) is 2.93. The molecule has 0 aliphatic rings. The largest absolute Gasteiger partial charge is 0.507 e. The second kappa shape index (κ2) is 5.98. The highest BCUT2D eigenvalue weighted by atomic mass is 35.5. The number of carbonyl (C=O) groups is 1. The van der Waals surface area contributed by atoms with E-state index in [1.165, 1.54) is 24.3 Å². The molecule has 0 saturated carbocycles. The molecule has 0 unspecified atom stereocenters. The van der Waals surface area contributed by atoms with Gasteiger partial charge in [0, 0.05) is 16.8 Å². The van der Waals surface area contributed by atoms with Crippen molar-refractivity contribution in [3.05, 3.63) is 55.9 Å². The Labute approximate surface area is 138 Å². The number of esters is 1. The first-order valence-electron chi connectivity index (χ1n) is 6.46. The maximum absolute atomic E-state index is 12.0. The summed E-state index contributed by atoms with van der Waals surface area (Å²) in [6.07, 6.45) is 0. The fourth-order valence-electron chi connectivity index (χ4n) is 1.90. The lowest BCUT2D eigenvalue weighted by Crippen LogP contribution is -2.14. The first-order chi connectivity index (χ1) is 10.9. The van der Waals surface area contributed by atoms with Crippen LogP contribution < -0.4 is 5.56 Å². The first kappa shape index (κ1) is 15.4. The maximum Gasteiger partial charge on any atom is 0.342 e. The van der Waals surface area contributed by atoms with E-state index < -0.39 is 5.97 Å². The second-order valence-electron chi connectivity index (χ2n) is 4.66. The third kappa shape index (κ3) is 3.17. The molecule has 0 atom stereocenters. The van der Waals surface area contributed by atoms with Gasteiger partial charge in [-0.3, -0.25) is 4.79 Å². The summed E-state index contributed by atoms with van der Waals surface area (Å²) in [5.74, 6) is -0.977. The molecule has 9 heteroatoms. The highest BCUT2D eigenvalue weighted by molar-refractivity contribution is 7.16. The number of carbonyl (C=O) groups excluding carboxylic acids is 1. The number of aryl methyl sites for hydroxylation is 1. The van der Waals surface area contributed by atoms with Crippen molar-refractivity contribution in [3.8, 4) is 5.75 Å². The van der Waals surface area contributed by atoms with Crippen LogP contribution in [-0.4, -0.2) is 25.7 Å². The summed E-state index contributed by atoms with van der Waals surface area (Å²) in [6, 6.07) is 5.46. The summed E-state index contributed by atoms with van der Waals surface area (Å²) >= 11 is 6.86. The number of aromatic nitrogens is 3. The van der Waals surface area contributed by atoms with Crippen molar-refractivity contribution in [3.63, 3.8) is 0 Å². The van der Waals surface area contributed by atoms with Gasteiger partial charge in [0.25, 0.3) is 5.56 Å². The lowest BCUT2D eigenvalue weighted by atomic mass is 10.2. The van der Waals surface area contributed by atoms with Gasteiger partial charge < -0.3 is 9.84 Å². The SMILES string of the molecule is Cc1cc(=O)n2nc(COC(=O)c3ccc(Cl)cc3O)sc2n1. The molecule has 3 aromatic rings. The van der Waals surface area contributed by atoms with Gasteiger partial charge in [-0.2, -0.15) is 9.61 Å². The van der Waals surface area contributed by atoms with Gasteiger partial charge in [0.05, 0.1) is 0 Å². The van der Waals surface area contributed by atoms with Gasteiger partial charge >= 0.3 is 5.97 Å². The second-order valence-corrected chi connectivity index (χ2v) is 6.14. The molecule has 0 aliphatic heterocycles. The van der Waals surface area contributed by atoms with Gasteiger partial charge in [-0.05, 0) is 25.1 Å². The Kier molecular flexibility index (Phi) is 4.01. The average molecular weight is 352 g/mol. The van der Waals surface area contributed by atoms with Crippen LogP contribution in [0.3, 0.4) is 0 Å². The topological polar surface area (TPSA) is 93.8 Å². The quantitative estimate of drug-likeness (QED) is 0.727. The van der Waals surface area contributed by atoms with E-state index in [1.54, 1.807) is 6.92 Å². The van der Waals surface area contributed by atoms with E-state index in [2.05, 4.69) is 10.1 Å². The molecule has 23 heavy (non-hydrogen) atoms. The zero-order chi connectivity index (χ0) is 16.6. The molecule has 0 saturated heterocycles. The fraction of sp³-hybridized carbons (Fsp3) is 0.143. The third-order valence-corrected chi connectivity index (χ3v) is 4.04. The molecule has 0 fully saturated rings. The molecule has 3 rings (SSSR count). The first-order valence-corrected chi connectivity index (χ1v) is 7.65. The van der Waals surface area contributed by atoms with Crippen molar-refractivity contribution in [2.45, 2.75) is 13.5 Å². The maximum atomic E-state index is 12.0. The summed E-state index contributed by atoms with van der Waals surface area (Å²) in [6.45, 7) is 1.58. The number of hydrogen-bond donors (Lipinski definition) is 1. The lowest BCUT2D eigenvalue weighted by molar-refractivity contribution is 0.0468. The number of rotatable bonds is 3. The summed E-state index contributed by atoms with van der Waals surface area (Å²) in [5.41, 5.74) is 0.298. The highest BCUT2D eigenvalue weighted by Crippen LogP contribution is 2.23. The van der Waals surface area contributed by atoms with Crippen LogP contribution in [-0.2, 0) is 11.3 Å². The Morgan fingerprint density at radius 1 is 1.43 bits per heavy atom. The van der Waals surface area contributed by atoms with Crippen molar-refractivity contribution in [2.75, 3.05) is 0 Å². The number of phenolic OH excluding ortho intramolecular Hbond substituents is 1. The van der Waals surface area contributed by atoms with E-state index >= 15 is 0 Å². The van der Waals surface area contributed by atoms with Crippen molar-refractivity contribution in [1.82, 2.24) is 14.6 Å². The summed E-state index contributed by atoms with van der Waals surface area (Å²) in [5, 5.41) is 14.5. The van der Waals surface area contributed by atoms with E-state index in [0.29, 0.717) is 20.7 Å². The van der Waals surface area contributed by atoms with Gasteiger partial charge in [-0.1, -0.05) is 22.9 Å². The molecular weight excluding hydrogens is 342 g/mol. The predicted molar refractivity (Wildman–Crippen MR) is 84.1 cm³/mol. The van der Waals surface area contributed by atoms with Gasteiger partial charge in [-0.15, -0.1) is 0 Å². The normalized spacial score (nSPS) is 10.9. The van der Waals surface area contributed by atoms with Crippen molar-refractivity contribution < 1.29 is 14.6 Å². The van der Waals surface area contributed by atoms with Crippen LogP contribution in [0.5, 0.6) is 5.75 Å². The minimum Gasteiger partial charge on any atom is -0.507 e. The minimum atomic E-state index is -0.713. The zero-order valence-corrected chi connectivity index (χ0v) is 13.4. The molecule has 0 radical (unpaired) electrons. The third-order valence-electron chi connectivity index (χ3n) is 2.92. The summed E-state index contributed by atoms with van der Waals surface area (Å²) in [7, 11) is 0. The van der Waals surface area contributed by atoms with Gasteiger partial charge in [-0.25, -0.2) is 9.78 Å². The Hall–Kier alpha value is -2.45. The van der Waals surface area contributed by atoms with E-state index in [4.69, 9.17) is 16.3 Å². The standard InChI is InChI=1S/C14H10ClN3O4S/c1-7-4-12(20)18-14(16-7)23-11(17-18)6-22-13(21)9-3-2-8(15)5-10(9)19/h2-5,19H,6H2,1H3. The van der Waals surface area contributed by atoms with Crippen LogP contribution in [0.15, 0.2) is 29.1 Å². The number of aromatic hydroxyl groups is 1. The molecule has 1 N–H and O–H groups in total. The van der Waals surface area contributed by atoms with Gasteiger partial charge in [0.1, 0.15) is 17.9 Å². The lowest BCUT2D eigenvalue weighted by Gasteiger charge is -2.04. The Balaban J connectivity index is 1.79. The monoisotopic (exact) mass is 351 g/mol. The Morgan fingerprint density at radius 2 is 2.22 bits per heavy atom. The molecule has 0 bridgehead atoms. The number of halogens is 1. The minimum absolute atomic E-state index is 0.00153. The molecule has 0 spiro atoms. The van der Waals surface area contributed by atoms with Gasteiger partial charge in [0.15, 0.2) is 5.01 Å². The number of hydrogen-bond acceptors (Lipinski definition) is 7. The number of nitrogens with zero attached hydrogens (tertiary/aromatic N) is 3. The Bertz CT molecular complexity index is 966. The van der Waals surface area contributed by atoms with Crippen LogP contribution in [0.4, 0.5) is 0 Å². The van der Waals surface area contributed by atoms with E-state index in [9.17, 15) is 14.7 Å². The predicted octanol–water partition coefficient (Wildman–Crippen LogP) is 2.18. The van der Waals surface area contributed by atoms with Crippen molar-refractivity contribution >= 4 is 33.9 Å². The van der Waals surface area contributed by atoms with Gasteiger partial charge in [0.2, 0.25) is 4.96 Å². The van der Waals surface area contributed by atoms with Crippen LogP contribution >= 0.6 is 22.9 Å². The molecular formula is C14H10ClN3O4S. The molecule has 118 valence electrons. The molecule has 2 heterocycles. The van der Waals surface area contributed by atoms with E-state index in [-0.39, 0.29) is 23.5 Å². The number of phenols is 1. The molecule has 0 amide bonds. The molecule has 1 aromatic carbocycles. The zero-order valence-electron chi connectivity index (χ0n) is 11.8. The summed E-state index contributed by atoms with van der Waals surface area (Å²) < 4.78 is 6.25. The summed E-state index contributed by atoms with van der Waals surface area (Å²) in [4.78, 5) is 28.3. The number of fused-ring (bicyclic) bond motifs is 1. The number of benzene rings is 1. The van der Waals surface area contributed by atoms with Crippen LogP contribution in [0, 0.1) is 6.92 Å².